The van der Waals surface area contributed by atoms with E-state index in [0.717, 1.165) is 16.6 Å². The minimum Gasteiger partial charge on any atom is -0.325 e. The van der Waals surface area contributed by atoms with Gasteiger partial charge in [0.05, 0.1) is 5.69 Å². The van der Waals surface area contributed by atoms with Crippen LogP contribution < -0.4 is 10.6 Å². The zero-order chi connectivity index (χ0) is 17.9. The number of carbonyl (C=O) groups is 2. The average molecular weight is 397 g/mol. The third kappa shape index (κ3) is 4.17. The summed E-state index contributed by atoms with van der Waals surface area (Å²) in [5.41, 5.74) is -1.14. The Bertz CT molecular complexity index is 794. The lowest BCUT2D eigenvalue weighted by Gasteiger charge is -2.23. The van der Waals surface area contributed by atoms with E-state index in [1.165, 1.54) is 13.8 Å². The Kier molecular flexibility index (Phi) is 5.33. The molecule has 0 radical (unpaired) electrons. The molecular weight excluding hydrogens is 382 g/mol. The van der Waals surface area contributed by atoms with Gasteiger partial charge in [-0.2, -0.15) is 0 Å². The first-order chi connectivity index (χ1) is 11.2. The molecule has 0 heterocycles. The molecule has 2 N–H and O–H groups in total. The Morgan fingerprint density at radius 3 is 2.29 bits per heavy atom. The van der Waals surface area contributed by atoms with Gasteiger partial charge in [0, 0.05) is 16.2 Å². The van der Waals surface area contributed by atoms with Crippen molar-refractivity contribution in [2.75, 3.05) is 10.6 Å². The van der Waals surface area contributed by atoms with Gasteiger partial charge in [-0.05, 0) is 44.2 Å². The van der Waals surface area contributed by atoms with Crippen LogP contribution in [0.1, 0.15) is 13.8 Å². The summed E-state index contributed by atoms with van der Waals surface area (Å²) in [6.07, 6.45) is 0. The minimum atomic E-state index is -1.47. The van der Waals surface area contributed by atoms with Crippen molar-refractivity contribution in [2.45, 2.75) is 13.8 Å². The summed E-state index contributed by atoms with van der Waals surface area (Å²) in [7, 11) is 0. The molecule has 4 nitrogen and oxygen atoms in total. The third-order valence-corrected chi connectivity index (χ3v) is 3.89. The molecule has 0 unspecified atom stereocenters. The maximum atomic E-state index is 13.6. The van der Waals surface area contributed by atoms with Crippen LogP contribution in [-0.4, -0.2) is 11.8 Å². The van der Waals surface area contributed by atoms with Crippen molar-refractivity contribution in [3.05, 3.63) is 58.6 Å². The molecule has 0 saturated heterocycles. The fourth-order valence-corrected chi connectivity index (χ4v) is 2.23. The van der Waals surface area contributed by atoms with E-state index >= 15 is 0 Å². The zero-order valence-electron chi connectivity index (χ0n) is 13.0. The van der Waals surface area contributed by atoms with Crippen LogP contribution in [0.2, 0.25) is 0 Å². The maximum Gasteiger partial charge on any atom is 0.239 e. The van der Waals surface area contributed by atoms with Crippen LogP contribution in [-0.2, 0) is 9.59 Å². The van der Waals surface area contributed by atoms with Gasteiger partial charge in [0.2, 0.25) is 11.8 Å². The highest BCUT2D eigenvalue weighted by atomic mass is 79.9. The van der Waals surface area contributed by atoms with Crippen molar-refractivity contribution in [3.8, 4) is 0 Å². The SMILES string of the molecule is CC(C)(C(=O)Nc1cccc(Br)c1)C(=O)Nc1ccc(F)cc1F. The van der Waals surface area contributed by atoms with Crippen LogP contribution in [0.3, 0.4) is 0 Å². The first kappa shape index (κ1) is 18.1. The number of anilines is 2. The molecule has 0 bridgehead atoms. The van der Waals surface area contributed by atoms with Crippen LogP contribution in [0.5, 0.6) is 0 Å². The average Bonchev–Trinajstić information content (AvgIpc) is 2.49. The van der Waals surface area contributed by atoms with Gasteiger partial charge >= 0.3 is 0 Å². The molecule has 0 aliphatic carbocycles. The lowest BCUT2D eigenvalue weighted by atomic mass is 9.90. The molecule has 0 aromatic heterocycles. The molecule has 2 aromatic carbocycles. The van der Waals surface area contributed by atoms with Crippen LogP contribution in [0, 0.1) is 17.0 Å². The number of benzene rings is 2. The number of hydrogen-bond donors (Lipinski definition) is 2. The molecule has 0 fully saturated rings. The van der Waals surface area contributed by atoms with Gasteiger partial charge < -0.3 is 10.6 Å². The van der Waals surface area contributed by atoms with E-state index < -0.39 is 28.9 Å². The van der Waals surface area contributed by atoms with Crippen LogP contribution in [0.25, 0.3) is 0 Å². The van der Waals surface area contributed by atoms with Crippen molar-refractivity contribution in [2.24, 2.45) is 5.41 Å². The molecule has 0 aliphatic rings. The summed E-state index contributed by atoms with van der Waals surface area (Å²) < 4.78 is 27.3. The van der Waals surface area contributed by atoms with E-state index in [2.05, 4.69) is 26.6 Å². The fourth-order valence-electron chi connectivity index (χ4n) is 1.83. The smallest absolute Gasteiger partial charge is 0.239 e. The fraction of sp³-hybridized carbons (Fsp3) is 0.176. The molecule has 0 spiro atoms. The summed E-state index contributed by atoms with van der Waals surface area (Å²) >= 11 is 3.29. The Labute approximate surface area is 146 Å². The first-order valence-corrected chi connectivity index (χ1v) is 7.83. The molecule has 0 aliphatic heterocycles. The topological polar surface area (TPSA) is 58.2 Å². The Morgan fingerprint density at radius 1 is 1.00 bits per heavy atom. The van der Waals surface area contributed by atoms with Crippen molar-refractivity contribution in [3.63, 3.8) is 0 Å². The molecule has 126 valence electrons. The van der Waals surface area contributed by atoms with Crippen molar-refractivity contribution in [1.29, 1.82) is 0 Å². The van der Waals surface area contributed by atoms with Crippen molar-refractivity contribution in [1.82, 2.24) is 0 Å². The van der Waals surface area contributed by atoms with Gasteiger partial charge in [-0.25, -0.2) is 8.78 Å². The predicted octanol–water partition coefficient (Wildman–Crippen LogP) is 4.33. The predicted molar refractivity (Wildman–Crippen MR) is 91.5 cm³/mol. The van der Waals surface area contributed by atoms with E-state index in [-0.39, 0.29) is 5.69 Å². The highest BCUT2D eigenvalue weighted by Gasteiger charge is 2.36. The highest BCUT2D eigenvalue weighted by Crippen LogP contribution is 2.24. The lowest BCUT2D eigenvalue weighted by Crippen LogP contribution is -2.41. The minimum absolute atomic E-state index is 0.190. The molecule has 0 saturated carbocycles. The number of nitrogens with one attached hydrogen (secondary N) is 2. The first-order valence-electron chi connectivity index (χ1n) is 7.03. The van der Waals surface area contributed by atoms with E-state index in [1.807, 2.05) is 0 Å². The zero-order valence-corrected chi connectivity index (χ0v) is 14.6. The van der Waals surface area contributed by atoms with Gasteiger partial charge in [0.1, 0.15) is 17.0 Å². The number of amides is 2. The Morgan fingerprint density at radius 2 is 1.67 bits per heavy atom. The molecule has 2 rings (SSSR count). The molecule has 7 heteroatoms. The molecule has 24 heavy (non-hydrogen) atoms. The van der Waals surface area contributed by atoms with E-state index in [1.54, 1.807) is 24.3 Å². The van der Waals surface area contributed by atoms with Gasteiger partial charge in [0.25, 0.3) is 0 Å². The molecule has 2 amide bonds. The van der Waals surface area contributed by atoms with Crippen LogP contribution in [0.4, 0.5) is 20.2 Å². The largest absolute Gasteiger partial charge is 0.325 e. The second-order valence-electron chi connectivity index (χ2n) is 5.67. The molecular formula is C17H15BrF2N2O2. The monoisotopic (exact) mass is 396 g/mol. The second kappa shape index (κ2) is 7.09. The van der Waals surface area contributed by atoms with E-state index in [4.69, 9.17) is 0 Å². The summed E-state index contributed by atoms with van der Waals surface area (Å²) in [6.45, 7) is 2.83. The quantitative estimate of drug-likeness (QED) is 0.755. The summed E-state index contributed by atoms with van der Waals surface area (Å²) in [4.78, 5) is 24.7. The van der Waals surface area contributed by atoms with Gasteiger partial charge in [-0.3, -0.25) is 9.59 Å². The van der Waals surface area contributed by atoms with Crippen LogP contribution in [0.15, 0.2) is 46.9 Å². The Balaban J connectivity index is 2.12. The number of hydrogen-bond acceptors (Lipinski definition) is 2. The Hall–Kier alpha value is -2.28. The second-order valence-corrected chi connectivity index (χ2v) is 6.58. The standard InChI is InChI=1S/C17H15BrF2N2O2/c1-17(2,15(23)21-12-5-3-4-10(18)8-12)16(24)22-14-7-6-11(19)9-13(14)20/h3-9H,1-2H3,(H,21,23)(H,22,24). The maximum absolute atomic E-state index is 13.6. The lowest BCUT2D eigenvalue weighted by molar-refractivity contribution is -0.135. The molecule has 2 aromatic rings. The highest BCUT2D eigenvalue weighted by molar-refractivity contribution is 9.10. The van der Waals surface area contributed by atoms with Crippen LogP contribution >= 0.6 is 15.9 Å². The summed E-state index contributed by atoms with van der Waals surface area (Å²) in [5, 5.41) is 4.93. The number of halogens is 3. The van der Waals surface area contributed by atoms with E-state index in [0.29, 0.717) is 11.8 Å². The van der Waals surface area contributed by atoms with Crippen molar-refractivity contribution >= 4 is 39.1 Å². The van der Waals surface area contributed by atoms with Gasteiger partial charge in [-0.1, -0.05) is 22.0 Å². The van der Waals surface area contributed by atoms with E-state index in [9.17, 15) is 18.4 Å². The summed E-state index contributed by atoms with van der Waals surface area (Å²) in [6, 6.07) is 9.68. The molecule has 0 atom stereocenters. The van der Waals surface area contributed by atoms with Gasteiger partial charge in [-0.15, -0.1) is 0 Å². The number of rotatable bonds is 4. The van der Waals surface area contributed by atoms with Crippen molar-refractivity contribution < 1.29 is 18.4 Å². The number of carbonyl (C=O) groups excluding carboxylic acids is 2. The third-order valence-electron chi connectivity index (χ3n) is 3.40. The summed E-state index contributed by atoms with van der Waals surface area (Å²) in [5.74, 6) is -2.93. The van der Waals surface area contributed by atoms with Gasteiger partial charge in [0.15, 0.2) is 0 Å². The normalized spacial score (nSPS) is 11.0.